The molecule has 0 spiro atoms. The van der Waals surface area contributed by atoms with Crippen molar-refractivity contribution in [3.05, 3.63) is 54.1 Å². The Morgan fingerprint density at radius 1 is 1.15 bits per heavy atom. The number of anilines is 2. The van der Waals surface area contributed by atoms with Crippen molar-refractivity contribution in [2.75, 3.05) is 30.4 Å². The number of halogens is 1. The second-order valence-corrected chi connectivity index (χ2v) is 9.58. The van der Waals surface area contributed by atoms with E-state index in [0.717, 1.165) is 17.4 Å². The number of amides is 1. The van der Waals surface area contributed by atoms with Crippen molar-refractivity contribution in [3.63, 3.8) is 0 Å². The molecule has 1 aliphatic rings. The van der Waals surface area contributed by atoms with E-state index in [-0.39, 0.29) is 13.2 Å². The van der Waals surface area contributed by atoms with Crippen molar-refractivity contribution in [1.82, 2.24) is 0 Å². The third-order valence-corrected chi connectivity index (χ3v) is 6.10. The van der Waals surface area contributed by atoms with Crippen molar-refractivity contribution in [3.8, 4) is 0 Å². The minimum absolute atomic E-state index is 0.123. The number of nitrogens with zero attached hydrogens (tertiary/aromatic N) is 1. The van der Waals surface area contributed by atoms with E-state index in [0.29, 0.717) is 11.3 Å². The van der Waals surface area contributed by atoms with Gasteiger partial charge in [-0.15, -0.1) is 11.8 Å². The number of aliphatic imine (C=N–C) groups is 1. The topological polar surface area (TPSA) is 120 Å². The molecule has 1 unspecified atom stereocenters. The minimum Gasteiger partial charge on any atom is -0.399 e. The van der Waals surface area contributed by atoms with Crippen LogP contribution in [0, 0.1) is 11.8 Å². The Morgan fingerprint density at radius 2 is 1.71 bits per heavy atom. The summed E-state index contributed by atoms with van der Waals surface area (Å²) in [6, 6.07) is 14.4. The van der Waals surface area contributed by atoms with Crippen LogP contribution in [0.4, 0.5) is 11.4 Å². The summed E-state index contributed by atoms with van der Waals surface area (Å²) in [6.07, 6.45) is 7.29. The minimum atomic E-state index is -0.399. The molecule has 5 N–H and O–H groups in total. The average molecular weight is 602 g/mol. The molecule has 1 aliphatic carbocycles. The van der Waals surface area contributed by atoms with E-state index >= 15 is 0 Å². The lowest BCUT2D eigenvalue weighted by atomic mass is 10.2. The van der Waals surface area contributed by atoms with E-state index in [1.165, 1.54) is 36.8 Å². The number of benzene rings is 2. The predicted molar refractivity (Wildman–Crippen MR) is 150 cm³/mol. The van der Waals surface area contributed by atoms with Crippen LogP contribution >= 0.6 is 34.8 Å². The quantitative estimate of drug-likeness (QED) is 0.0853. The number of nitrogen functional groups attached to an aromatic ring is 2. The Kier molecular flexibility index (Phi) is 16.7. The van der Waals surface area contributed by atoms with Crippen LogP contribution in [-0.2, 0) is 8.10 Å². The van der Waals surface area contributed by atoms with Gasteiger partial charge in [-0.3, -0.25) is 4.79 Å². The van der Waals surface area contributed by atoms with E-state index in [4.69, 9.17) is 16.6 Å². The fraction of sp³-hybridized carbons (Fsp3) is 0.440. The summed E-state index contributed by atoms with van der Waals surface area (Å²) in [5.74, 6) is 1.37. The van der Waals surface area contributed by atoms with E-state index in [1.54, 1.807) is 47.3 Å². The van der Waals surface area contributed by atoms with Gasteiger partial charge < -0.3 is 16.6 Å². The first-order valence-electron chi connectivity index (χ1n) is 11.3. The van der Waals surface area contributed by atoms with Crippen LogP contribution in [0.1, 0.15) is 49.9 Å². The molecular weight excluding hydrogens is 565 g/mol. The number of aliphatic hydroxyl groups excluding tert-OH is 1. The Bertz CT molecular complexity index is 829. The van der Waals surface area contributed by atoms with Crippen LogP contribution < -0.4 is 11.5 Å². The third-order valence-electron chi connectivity index (χ3n) is 4.96. The Morgan fingerprint density at radius 3 is 2.15 bits per heavy atom. The first-order chi connectivity index (χ1) is 16.4. The molecule has 0 bridgehead atoms. The van der Waals surface area contributed by atoms with E-state index in [1.807, 2.05) is 36.0 Å². The van der Waals surface area contributed by atoms with Gasteiger partial charge in [0.15, 0.2) is 23.0 Å². The highest BCUT2D eigenvalue weighted by Gasteiger charge is 2.08. The number of carbonyl (C=O) groups is 1. The monoisotopic (exact) mass is 601 g/mol. The van der Waals surface area contributed by atoms with E-state index in [2.05, 4.69) is 26.9 Å². The SMILES string of the molecule is CC1CCCC1.CCSc1ccc(N)cc1.Nc1ccc(C(=O)N=CC(CO)COOI)cc1. The molecule has 2 aromatic rings. The molecule has 188 valence electrons. The number of aliphatic hydroxyl groups is 1. The molecule has 0 aliphatic heterocycles. The number of nitrogens with two attached hydrogens (primary N) is 2. The fourth-order valence-electron chi connectivity index (χ4n) is 2.99. The second kappa shape index (κ2) is 18.6. The number of thioether (sulfide) groups is 1. The summed E-state index contributed by atoms with van der Waals surface area (Å²) >= 11 is 3.39. The van der Waals surface area contributed by atoms with Crippen molar-refractivity contribution < 1.29 is 18.0 Å². The van der Waals surface area contributed by atoms with Crippen molar-refractivity contribution in [2.24, 2.45) is 16.8 Å². The van der Waals surface area contributed by atoms with Crippen molar-refractivity contribution in [1.29, 1.82) is 0 Å². The molecule has 1 saturated carbocycles. The lowest BCUT2D eigenvalue weighted by molar-refractivity contribution is -0.173. The van der Waals surface area contributed by atoms with E-state index in [9.17, 15) is 4.79 Å². The van der Waals surface area contributed by atoms with Crippen LogP contribution in [0.5, 0.6) is 0 Å². The highest BCUT2D eigenvalue weighted by molar-refractivity contribution is 14.1. The maximum absolute atomic E-state index is 11.7. The highest BCUT2D eigenvalue weighted by Crippen LogP contribution is 2.23. The van der Waals surface area contributed by atoms with Gasteiger partial charge in [-0.1, -0.05) is 39.5 Å². The van der Waals surface area contributed by atoms with Crippen molar-refractivity contribution in [2.45, 2.75) is 44.4 Å². The first-order valence-corrected chi connectivity index (χ1v) is 13.2. The number of hydrogen-bond donors (Lipinski definition) is 3. The predicted octanol–water partition coefficient (Wildman–Crippen LogP) is 5.96. The first kappa shape index (κ1) is 30.4. The summed E-state index contributed by atoms with van der Waals surface area (Å²) < 4.78 is 4.38. The molecule has 7 nitrogen and oxygen atoms in total. The summed E-state index contributed by atoms with van der Waals surface area (Å²) in [5.41, 5.74) is 12.9. The molecule has 0 heterocycles. The highest BCUT2D eigenvalue weighted by atomic mass is 127. The Balaban J connectivity index is 0.000000299. The van der Waals surface area contributed by atoms with Gasteiger partial charge in [0, 0.05) is 34.0 Å². The zero-order valence-corrected chi connectivity index (χ0v) is 22.8. The smallest absolute Gasteiger partial charge is 0.276 e. The molecular formula is C25H36IN3O4S. The summed E-state index contributed by atoms with van der Waals surface area (Å²) in [7, 11) is 0. The van der Waals surface area contributed by atoms with Gasteiger partial charge >= 0.3 is 0 Å². The molecule has 1 amide bonds. The van der Waals surface area contributed by atoms with Crippen molar-refractivity contribution >= 4 is 58.3 Å². The second-order valence-electron chi connectivity index (χ2n) is 7.89. The van der Waals surface area contributed by atoms with Crippen LogP contribution in [-0.4, -0.2) is 36.2 Å². The molecule has 0 radical (unpaired) electrons. The number of carbonyl (C=O) groups excluding carboxylic acids is 1. The average Bonchev–Trinajstić information content (AvgIpc) is 3.33. The standard InChI is InChI=1S/C11H13IN2O4.C8H11NS.C6H12/c12-18-17-7-8(6-15)5-14-11(16)9-1-3-10(13)4-2-9;1-2-10-8-5-3-7(9)4-6-8;1-6-4-2-3-5-6/h1-5,8,15H,6-7,13H2;3-6H,2,9H2,1H3;6H,2-5H2,1H3. The maximum atomic E-state index is 11.7. The van der Waals surface area contributed by atoms with Gasteiger partial charge in [0.05, 0.1) is 13.2 Å². The van der Waals surface area contributed by atoms with Crippen LogP contribution in [0.2, 0.25) is 0 Å². The fourth-order valence-corrected chi connectivity index (χ4v) is 3.80. The van der Waals surface area contributed by atoms with Gasteiger partial charge in [-0.2, -0.15) is 3.22 Å². The normalized spacial score (nSPS) is 14.1. The zero-order chi connectivity index (χ0) is 25.2. The van der Waals surface area contributed by atoms with E-state index < -0.39 is 11.8 Å². The van der Waals surface area contributed by atoms with Gasteiger partial charge in [-0.05, 0) is 60.2 Å². The molecule has 1 atom stereocenters. The molecule has 0 aromatic heterocycles. The van der Waals surface area contributed by atoms with Crippen LogP contribution in [0.25, 0.3) is 0 Å². The molecule has 2 aromatic carbocycles. The molecule has 1 fully saturated rings. The van der Waals surface area contributed by atoms with Gasteiger partial charge in [0.1, 0.15) is 0 Å². The Labute approximate surface area is 221 Å². The van der Waals surface area contributed by atoms with Crippen LogP contribution in [0.15, 0.2) is 58.4 Å². The number of rotatable bonds is 8. The van der Waals surface area contributed by atoms with Crippen LogP contribution in [0.3, 0.4) is 0 Å². The third kappa shape index (κ3) is 13.9. The Hall–Kier alpha value is -1.66. The summed E-state index contributed by atoms with van der Waals surface area (Å²) in [6.45, 7) is 4.42. The number of hydrogen-bond acceptors (Lipinski definition) is 7. The summed E-state index contributed by atoms with van der Waals surface area (Å²) in [5, 5.41) is 9.02. The summed E-state index contributed by atoms with van der Waals surface area (Å²) in [4.78, 5) is 21.3. The molecule has 9 heteroatoms. The lowest BCUT2D eigenvalue weighted by Gasteiger charge is -2.05. The molecule has 34 heavy (non-hydrogen) atoms. The largest absolute Gasteiger partial charge is 0.399 e. The maximum Gasteiger partial charge on any atom is 0.276 e. The molecule has 3 rings (SSSR count). The van der Waals surface area contributed by atoms with Gasteiger partial charge in [0.2, 0.25) is 0 Å². The zero-order valence-electron chi connectivity index (χ0n) is 19.9. The molecule has 0 saturated heterocycles. The lowest BCUT2D eigenvalue weighted by Crippen LogP contribution is -2.15. The van der Waals surface area contributed by atoms with Gasteiger partial charge in [-0.25, -0.2) is 9.88 Å². The van der Waals surface area contributed by atoms with Gasteiger partial charge in [0.25, 0.3) is 5.91 Å².